The number of hydrogen-bond acceptors (Lipinski definition) is 4. The Morgan fingerprint density at radius 2 is 1.58 bits per heavy atom. The molecule has 5 nitrogen and oxygen atoms in total. The first-order chi connectivity index (χ1) is 14.8. The van der Waals surface area contributed by atoms with Gasteiger partial charge in [-0.15, -0.1) is 0 Å². The highest BCUT2D eigenvalue weighted by Gasteiger charge is 2.17. The first kappa shape index (κ1) is 22.9. The van der Waals surface area contributed by atoms with Crippen LogP contribution in [0.3, 0.4) is 0 Å². The van der Waals surface area contributed by atoms with Crippen molar-refractivity contribution in [3.8, 4) is 0 Å². The third-order valence-corrected chi connectivity index (χ3v) is 6.90. The zero-order valence-corrected chi connectivity index (χ0v) is 19.2. The van der Waals surface area contributed by atoms with Crippen LogP contribution in [0.25, 0.3) is 0 Å². The predicted molar refractivity (Wildman–Crippen MR) is 128 cm³/mol. The van der Waals surface area contributed by atoms with Crippen LogP contribution >= 0.6 is 11.8 Å². The number of aryl methyl sites for hydroxylation is 1. The van der Waals surface area contributed by atoms with Crippen LogP contribution in [0.15, 0.2) is 88.7 Å². The Kier molecular flexibility index (Phi) is 7.76. The van der Waals surface area contributed by atoms with E-state index in [1.807, 2.05) is 73.7 Å². The van der Waals surface area contributed by atoms with E-state index in [9.17, 15) is 13.2 Å². The fourth-order valence-corrected chi connectivity index (χ4v) is 4.96. The molecule has 0 atom stereocenters. The number of para-hydroxylation sites is 1. The van der Waals surface area contributed by atoms with Gasteiger partial charge in [0, 0.05) is 22.8 Å². The van der Waals surface area contributed by atoms with E-state index in [0.717, 1.165) is 21.0 Å². The van der Waals surface area contributed by atoms with Crippen molar-refractivity contribution >= 4 is 39.1 Å². The summed E-state index contributed by atoms with van der Waals surface area (Å²) in [6, 6.07) is 24.9. The topological polar surface area (TPSA) is 66.5 Å². The van der Waals surface area contributed by atoms with Gasteiger partial charge < -0.3 is 5.32 Å². The average Bonchev–Trinajstić information content (AvgIpc) is 2.73. The second kappa shape index (κ2) is 10.5. The maximum atomic E-state index is 12.5. The number of carbonyl (C=O) groups is 1. The largest absolute Gasteiger partial charge is 0.325 e. The van der Waals surface area contributed by atoms with E-state index in [1.165, 1.54) is 10.6 Å². The molecule has 0 aliphatic rings. The van der Waals surface area contributed by atoms with Gasteiger partial charge >= 0.3 is 0 Å². The number of carbonyl (C=O) groups excluding carboxylic acids is 1. The van der Waals surface area contributed by atoms with Crippen LogP contribution in [0, 0.1) is 6.92 Å². The highest BCUT2D eigenvalue weighted by molar-refractivity contribution is 7.99. The maximum Gasteiger partial charge on any atom is 0.232 e. The second-order valence-corrected chi connectivity index (χ2v) is 10.3. The Balaban J connectivity index is 1.60. The molecule has 0 unspecified atom stereocenters. The molecule has 1 N–H and O–H groups in total. The van der Waals surface area contributed by atoms with Crippen molar-refractivity contribution in [2.24, 2.45) is 0 Å². The smallest absolute Gasteiger partial charge is 0.232 e. The van der Waals surface area contributed by atoms with E-state index >= 15 is 0 Å². The van der Waals surface area contributed by atoms with Gasteiger partial charge in [0.2, 0.25) is 15.9 Å². The third-order valence-electron chi connectivity index (χ3n) is 4.62. The van der Waals surface area contributed by atoms with Crippen molar-refractivity contribution in [2.45, 2.75) is 29.6 Å². The van der Waals surface area contributed by atoms with Crippen molar-refractivity contribution in [3.05, 3.63) is 84.4 Å². The Labute approximate surface area is 188 Å². The van der Waals surface area contributed by atoms with Crippen molar-refractivity contribution in [2.75, 3.05) is 22.4 Å². The van der Waals surface area contributed by atoms with Gasteiger partial charge in [-0.1, -0.05) is 59.8 Å². The molecule has 0 saturated carbocycles. The molecule has 0 aromatic heterocycles. The van der Waals surface area contributed by atoms with Crippen LogP contribution in [0.1, 0.15) is 18.4 Å². The van der Waals surface area contributed by atoms with Gasteiger partial charge in [0.15, 0.2) is 0 Å². The lowest BCUT2D eigenvalue weighted by molar-refractivity contribution is -0.116. The highest BCUT2D eigenvalue weighted by atomic mass is 32.2. The summed E-state index contributed by atoms with van der Waals surface area (Å²) in [5, 5.41) is 2.96. The summed E-state index contributed by atoms with van der Waals surface area (Å²) in [4.78, 5) is 14.6. The number of anilines is 2. The van der Waals surface area contributed by atoms with Crippen LogP contribution in [-0.2, 0) is 14.8 Å². The molecule has 162 valence electrons. The minimum Gasteiger partial charge on any atom is -0.325 e. The Bertz CT molecular complexity index is 1120. The van der Waals surface area contributed by atoms with E-state index in [1.54, 1.807) is 23.9 Å². The minimum atomic E-state index is -3.43. The molecule has 0 aliphatic carbocycles. The normalized spacial score (nSPS) is 11.2. The minimum absolute atomic E-state index is 0.140. The third kappa shape index (κ3) is 6.87. The molecule has 0 saturated heterocycles. The molecule has 0 radical (unpaired) electrons. The molecule has 3 aromatic rings. The zero-order valence-electron chi connectivity index (χ0n) is 17.6. The van der Waals surface area contributed by atoms with E-state index in [0.29, 0.717) is 12.1 Å². The lowest BCUT2D eigenvalue weighted by Crippen LogP contribution is -2.31. The Morgan fingerprint density at radius 3 is 2.26 bits per heavy atom. The number of amides is 1. The fraction of sp³-hybridized carbons (Fsp3) is 0.208. The zero-order chi connectivity index (χ0) is 22.3. The fourth-order valence-electron chi connectivity index (χ4n) is 3.07. The summed E-state index contributed by atoms with van der Waals surface area (Å²) in [6.45, 7) is 2.20. The van der Waals surface area contributed by atoms with Crippen molar-refractivity contribution in [1.29, 1.82) is 0 Å². The van der Waals surface area contributed by atoms with Gasteiger partial charge in [-0.25, -0.2) is 8.42 Å². The molecule has 0 bridgehead atoms. The van der Waals surface area contributed by atoms with Crippen LogP contribution in [-0.4, -0.2) is 27.1 Å². The standard InChI is InChI=1S/C24H26N2O3S2/c1-19-14-16-20(17-15-19)26(31(2,28)29)18-8-13-24(27)25-22-11-6-7-12-23(22)30-21-9-4-3-5-10-21/h3-7,9-12,14-17H,8,13,18H2,1-2H3,(H,25,27). The molecule has 1 amide bonds. The molecule has 3 rings (SSSR count). The lowest BCUT2D eigenvalue weighted by atomic mass is 10.2. The van der Waals surface area contributed by atoms with E-state index < -0.39 is 10.0 Å². The maximum absolute atomic E-state index is 12.5. The van der Waals surface area contributed by atoms with Crippen LogP contribution < -0.4 is 9.62 Å². The van der Waals surface area contributed by atoms with Gasteiger partial charge in [0.05, 0.1) is 17.6 Å². The number of nitrogens with one attached hydrogen (secondary N) is 1. The predicted octanol–water partition coefficient (Wildman–Crippen LogP) is 5.33. The average molecular weight is 455 g/mol. The van der Waals surface area contributed by atoms with Gasteiger partial charge in [-0.05, 0) is 49.7 Å². The molecule has 7 heteroatoms. The number of benzene rings is 3. The molecule has 3 aromatic carbocycles. The van der Waals surface area contributed by atoms with Crippen LogP contribution in [0.2, 0.25) is 0 Å². The van der Waals surface area contributed by atoms with Crippen LogP contribution in [0.5, 0.6) is 0 Å². The lowest BCUT2D eigenvalue weighted by Gasteiger charge is -2.22. The van der Waals surface area contributed by atoms with Crippen molar-refractivity contribution in [1.82, 2.24) is 0 Å². The van der Waals surface area contributed by atoms with Crippen LogP contribution in [0.4, 0.5) is 11.4 Å². The van der Waals surface area contributed by atoms with E-state index in [4.69, 9.17) is 0 Å². The Morgan fingerprint density at radius 1 is 0.935 bits per heavy atom. The van der Waals surface area contributed by atoms with E-state index in [2.05, 4.69) is 5.32 Å². The molecular formula is C24H26N2O3S2. The number of nitrogens with zero attached hydrogens (tertiary/aromatic N) is 1. The van der Waals surface area contributed by atoms with Gasteiger partial charge in [-0.3, -0.25) is 9.10 Å². The number of rotatable bonds is 9. The molecule has 0 fully saturated rings. The van der Waals surface area contributed by atoms with Gasteiger partial charge in [0.25, 0.3) is 0 Å². The summed E-state index contributed by atoms with van der Waals surface area (Å²) in [7, 11) is -3.43. The summed E-state index contributed by atoms with van der Waals surface area (Å²) >= 11 is 1.58. The molecule has 0 spiro atoms. The second-order valence-electron chi connectivity index (χ2n) is 7.23. The van der Waals surface area contributed by atoms with E-state index in [-0.39, 0.29) is 18.9 Å². The first-order valence-electron chi connectivity index (χ1n) is 9.99. The quantitative estimate of drug-likeness (QED) is 0.474. The number of sulfonamides is 1. The summed E-state index contributed by atoms with van der Waals surface area (Å²) in [5.74, 6) is -0.140. The summed E-state index contributed by atoms with van der Waals surface area (Å²) in [6.07, 6.45) is 1.83. The summed E-state index contributed by atoms with van der Waals surface area (Å²) < 4.78 is 25.8. The number of hydrogen-bond donors (Lipinski definition) is 1. The van der Waals surface area contributed by atoms with Gasteiger partial charge in [0.1, 0.15) is 0 Å². The monoisotopic (exact) mass is 454 g/mol. The highest BCUT2D eigenvalue weighted by Crippen LogP contribution is 2.33. The molecule has 0 aliphatic heterocycles. The Hall–Kier alpha value is -2.77. The first-order valence-corrected chi connectivity index (χ1v) is 12.7. The molecular weight excluding hydrogens is 428 g/mol. The summed E-state index contributed by atoms with van der Waals surface area (Å²) in [5.41, 5.74) is 2.42. The van der Waals surface area contributed by atoms with Gasteiger partial charge in [-0.2, -0.15) is 0 Å². The van der Waals surface area contributed by atoms with Crippen molar-refractivity contribution < 1.29 is 13.2 Å². The molecule has 31 heavy (non-hydrogen) atoms. The SMILES string of the molecule is Cc1ccc(N(CCCC(=O)Nc2ccccc2Sc2ccccc2)S(C)(=O)=O)cc1. The van der Waals surface area contributed by atoms with Crippen molar-refractivity contribution in [3.63, 3.8) is 0 Å². The molecule has 0 heterocycles.